The standard InChI is InChI=1S/C13H15IN2O3S/c1-16-12-6-3-2-5-11(12)15-13(16)20(17,18)10-4-8-19-9-7-14/h2-6,10H,7-9H2,1H3/b10-4+. The summed E-state index contributed by atoms with van der Waals surface area (Å²) in [6.45, 7) is 0.892. The molecule has 0 aliphatic carbocycles. The van der Waals surface area contributed by atoms with Crippen LogP contribution in [0.4, 0.5) is 0 Å². The molecule has 0 unspecified atom stereocenters. The number of ether oxygens (including phenoxy) is 1. The maximum absolute atomic E-state index is 12.2. The highest BCUT2D eigenvalue weighted by atomic mass is 127. The molecule has 1 aromatic carbocycles. The minimum absolute atomic E-state index is 0.0452. The molecule has 0 N–H and O–H groups in total. The van der Waals surface area contributed by atoms with Gasteiger partial charge in [-0.3, -0.25) is 0 Å². The van der Waals surface area contributed by atoms with Crippen LogP contribution >= 0.6 is 22.6 Å². The van der Waals surface area contributed by atoms with E-state index in [1.807, 2.05) is 18.2 Å². The Bertz CT molecular complexity index is 722. The number of aromatic nitrogens is 2. The van der Waals surface area contributed by atoms with E-state index in [1.54, 1.807) is 17.7 Å². The summed E-state index contributed by atoms with van der Waals surface area (Å²) in [7, 11) is -1.85. The van der Waals surface area contributed by atoms with E-state index in [2.05, 4.69) is 27.6 Å². The van der Waals surface area contributed by atoms with Crippen molar-refractivity contribution in [3.05, 3.63) is 35.7 Å². The molecule has 1 heterocycles. The maximum atomic E-state index is 12.2. The second-order valence-electron chi connectivity index (χ2n) is 4.12. The lowest BCUT2D eigenvalue weighted by Crippen LogP contribution is -2.05. The molecule has 0 spiro atoms. The zero-order chi connectivity index (χ0) is 14.6. The molecule has 2 rings (SSSR count). The number of hydrogen-bond donors (Lipinski definition) is 0. The number of sulfone groups is 1. The lowest BCUT2D eigenvalue weighted by molar-refractivity contribution is 0.182. The van der Waals surface area contributed by atoms with Crippen LogP contribution in [0.1, 0.15) is 0 Å². The van der Waals surface area contributed by atoms with Crippen molar-refractivity contribution in [3.63, 3.8) is 0 Å². The zero-order valence-corrected chi connectivity index (χ0v) is 14.0. The summed E-state index contributed by atoms with van der Waals surface area (Å²) < 4.78 is 32.1. The highest BCUT2D eigenvalue weighted by molar-refractivity contribution is 14.1. The molecular weight excluding hydrogens is 391 g/mol. The van der Waals surface area contributed by atoms with Crippen molar-refractivity contribution >= 4 is 43.5 Å². The van der Waals surface area contributed by atoms with Gasteiger partial charge in [0, 0.05) is 16.9 Å². The van der Waals surface area contributed by atoms with Crippen LogP contribution in [-0.2, 0) is 21.6 Å². The molecule has 20 heavy (non-hydrogen) atoms. The van der Waals surface area contributed by atoms with Gasteiger partial charge in [0.2, 0.25) is 15.0 Å². The monoisotopic (exact) mass is 406 g/mol. The Kier molecular flexibility index (Phi) is 5.17. The molecule has 0 saturated carbocycles. The normalized spacial score (nSPS) is 12.5. The molecule has 0 aliphatic rings. The molecule has 0 amide bonds. The Labute approximate surface area is 131 Å². The van der Waals surface area contributed by atoms with Crippen molar-refractivity contribution < 1.29 is 13.2 Å². The highest BCUT2D eigenvalue weighted by Gasteiger charge is 2.18. The van der Waals surface area contributed by atoms with Crippen molar-refractivity contribution in [3.8, 4) is 0 Å². The van der Waals surface area contributed by atoms with Crippen molar-refractivity contribution in [2.45, 2.75) is 5.16 Å². The first-order valence-corrected chi connectivity index (χ1v) is 9.10. The highest BCUT2D eigenvalue weighted by Crippen LogP contribution is 2.19. The molecule has 108 valence electrons. The van der Waals surface area contributed by atoms with Gasteiger partial charge in [-0.2, -0.15) is 0 Å². The minimum Gasteiger partial charge on any atom is -0.377 e. The van der Waals surface area contributed by atoms with Gasteiger partial charge in [0.25, 0.3) is 0 Å². The lowest BCUT2D eigenvalue weighted by Gasteiger charge is -2.00. The number of alkyl halides is 1. The summed E-state index contributed by atoms with van der Waals surface area (Å²) in [6, 6.07) is 7.32. The van der Waals surface area contributed by atoms with E-state index in [-0.39, 0.29) is 11.8 Å². The van der Waals surface area contributed by atoms with Gasteiger partial charge < -0.3 is 9.30 Å². The van der Waals surface area contributed by atoms with E-state index < -0.39 is 9.84 Å². The average molecular weight is 406 g/mol. The van der Waals surface area contributed by atoms with Crippen molar-refractivity contribution in [2.75, 3.05) is 17.6 Å². The second-order valence-corrected chi connectivity index (χ2v) is 6.93. The predicted octanol–water partition coefficient (Wildman–Crippen LogP) is 2.31. The van der Waals surface area contributed by atoms with Crippen molar-refractivity contribution in [2.24, 2.45) is 7.05 Å². The van der Waals surface area contributed by atoms with Crippen LogP contribution < -0.4 is 0 Å². The molecule has 0 bridgehead atoms. The fourth-order valence-electron chi connectivity index (χ4n) is 1.81. The number of benzene rings is 1. The molecule has 1 aromatic heterocycles. The third-order valence-electron chi connectivity index (χ3n) is 2.71. The summed E-state index contributed by atoms with van der Waals surface area (Å²) in [5.41, 5.74) is 1.46. The van der Waals surface area contributed by atoms with Gasteiger partial charge >= 0.3 is 0 Å². The predicted molar refractivity (Wildman–Crippen MR) is 86.7 cm³/mol. The molecule has 0 saturated heterocycles. The molecule has 0 radical (unpaired) electrons. The van der Waals surface area contributed by atoms with E-state index >= 15 is 0 Å². The number of nitrogens with zero attached hydrogens (tertiary/aromatic N) is 2. The Hall–Kier alpha value is -0.930. The summed E-state index contributed by atoms with van der Waals surface area (Å²) in [6.07, 6.45) is 1.50. The number of imidazole rings is 1. The van der Waals surface area contributed by atoms with E-state index in [0.717, 1.165) is 15.4 Å². The Morgan fingerprint density at radius 2 is 2.15 bits per heavy atom. The number of halogens is 1. The first-order valence-electron chi connectivity index (χ1n) is 6.03. The SMILES string of the molecule is Cn1c(S(=O)(=O)/C=C/COCCI)nc2ccccc21. The number of para-hydroxylation sites is 2. The summed E-state index contributed by atoms with van der Waals surface area (Å²) in [5.74, 6) is 0. The minimum atomic E-state index is -3.55. The quantitative estimate of drug-likeness (QED) is 0.420. The van der Waals surface area contributed by atoms with E-state index in [0.29, 0.717) is 12.1 Å². The zero-order valence-electron chi connectivity index (χ0n) is 11.0. The Morgan fingerprint density at radius 1 is 1.40 bits per heavy atom. The van der Waals surface area contributed by atoms with Gasteiger partial charge in [-0.05, 0) is 18.2 Å². The van der Waals surface area contributed by atoms with Crippen LogP contribution in [-0.4, -0.2) is 35.6 Å². The van der Waals surface area contributed by atoms with E-state index in [1.165, 1.54) is 6.08 Å². The van der Waals surface area contributed by atoms with Crippen molar-refractivity contribution in [1.82, 2.24) is 9.55 Å². The first kappa shape index (κ1) is 15.5. The van der Waals surface area contributed by atoms with Gasteiger partial charge in [0.1, 0.15) is 0 Å². The maximum Gasteiger partial charge on any atom is 0.233 e. The Morgan fingerprint density at radius 3 is 2.85 bits per heavy atom. The largest absolute Gasteiger partial charge is 0.377 e. The first-order chi connectivity index (χ1) is 9.56. The Balaban J connectivity index is 2.26. The number of aryl methyl sites for hydroxylation is 1. The fraction of sp³-hybridized carbons (Fsp3) is 0.308. The molecule has 2 aromatic rings. The molecule has 0 aliphatic heterocycles. The molecule has 7 heteroatoms. The summed E-state index contributed by atoms with van der Waals surface area (Å²) >= 11 is 2.20. The lowest BCUT2D eigenvalue weighted by atomic mass is 10.3. The summed E-state index contributed by atoms with van der Waals surface area (Å²) in [5, 5.41) is 1.20. The summed E-state index contributed by atoms with van der Waals surface area (Å²) in [4.78, 5) is 4.18. The van der Waals surface area contributed by atoms with Gasteiger partial charge in [-0.15, -0.1) is 0 Å². The molecule has 0 fully saturated rings. The van der Waals surface area contributed by atoms with Gasteiger partial charge in [0.15, 0.2) is 0 Å². The van der Waals surface area contributed by atoms with Gasteiger partial charge in [0.05, 0.1) is 24.2 Å². The van der Waals surface area contributed by atoms with Crippen LogP contribution in [0, 0.1) is 0 Å². The molecular formula is C13H15IN2O3S. The van der Waals surface area contributed by atoms with Crippen LogP contribution in [0.5, 0.6) is 0 Å². The van der Waals surface area contributed by atoms with Crippen LogP contribution in [0.15, 0.2) is 40.9 Å². The number of hydrogen-bond acceptors (Lipinski definition) is 4. The number of fused-ring (bicyclic) bond motifs is 1. The van der Waals surface area contributed by atoms with Gasteiger partial charge in [-0.1, -0.05) is 34.7 Å². The third-order valence-corrected chi connectivity index (χ3v) is 4.58. The van der Waals surface area contributed by atoms with Gasteiger partial charge in [-0.25, -0.2) is 13.4 Å². The average Bonchev–Trinajstić information content (AvgIpc) is 2.77. The smallest absolute Gasteiger partial charge is 0.233 e. The van der Waals surface area contributed by atoms with Crippen LogP contribution in [0.3, 0.4) is 0 Å². The van der Waals surface area contributed by atoms with Crippen molar-refractivity contribution in [1.29, 1.82) is 0 Å². The molecule has 0 atom stereocenters. The number of rotatable bonds is 6. The van der Waals surface area contributed by atoms with Crippen LogP contribution in [0.2, 0.25) is 0 Å². The fourth-order valence-corrected chi connectivity index (χ4v) is 3.28. The van der Waals surface area contributed by atoms with E-state index in [4.69, 9.17) is 4.74 Å². The third kappa shape index (κ3) is 3.39. The second kappa shape index (κ2) is 6.68. The van der Waals surface area contributed by atoms with E-state index in [9.17, 15) is 8.42 Å². The van der Waals surface area contributed by atoms with Crippen LogP contribution in [0.25, 0.3) is 11.0 Å². The topological polar surface area (TPSA) is 61.2 Å². The molecule has 5 nitrogen and oxygen atoms in total.